The summed E-state index contributed by atoms with van der Waals surface area (Å²) in [7, 11) is 0. The van der Waals surface area contributed by atoms with E-state index in [2.05, 4.69) is 13.8 Å². The van der Waals surface area contributed by atoms with Crippen molar-refractivity contribution in [3.05, 3.63) is 76.0 Å². The highest BCUT2D eigenvalue weighted by Crippen LogP contribution is 2.25. The van der Waals surface area contributed by atoms with Crippen molar-refractivity contribution in [3.63, 3.8) is 0 Å². The number of hydrogen-bond donors (Lipinski definition) is 0. The maximum atomic E-state index is 13.3. The number of nitrogens with zero attached hydrogens (tertiary/aromatic N) is 1. The molecule has 0 saturated carbocycles. The van der Waals surface area contributed by atoms with Gasteiger partial charge in [-0.05, 0) is 53.6 Å². The fourth-order valence-corrected chi connectivity index (χ4v) is 2.85. The molecule has 22 heavy (non-hydrogen) atoms. The lowest BCUT2D eigenvalue weighted by Crippen LogP contribution is -2.20. The van der Waals surface area contributed by atoms with E-state index in [-0.39, 0.29) is 17.3 Å². The number of benzene rings is 2. The first-order valence-electron chi connectivity index (χ1n) is 7.40. The molecule has 0 N–H and O–H groups in total. The first kappa shape index (κ1) is 14.5. The summed E-state index contributed by atoms with van der Waals surface area (Å²) >= 11 is 0. The van der Waals surface area contributed by atoms with Crippen molar-refractivity contribution in [3.8, 4) is 5.69 Å². The Morgan fingerprint density at radius 2 is 1.73 bits per heavy atom. The van der Waals surface area contributed by atoms with Gasteiger partial charge in [0.05, 0.1) is 5.69 Å². The molecule has 0 radical (unpaired) electrons. The number of aryl methyl sites for hydroxylation is 1. The molecule has 0 unspecified atom stereocenters. The Labute approximate surface area is 128 Å². The van der Waals surface area contributed by atoms with Crippen LogP contribution in [0.5, 0.6) is 0 Å². The minimum atomic E-state index is -0.292. The maximum Gasteiger partial charge on any atom is 0.262 e. The summed E-state index contributed by atoms with van der Waals surface area (Å²) in [6, 6.07) is 12.1. The van der Waals surface area contributed by atoms with Crippen molar-refractivity contribution in [2.45, 2.75) is 26.7 Å². The molecule has 0 fully saturated rings. The van der Waals surface area contributed by atoms with E-state index < -0.39 is 0 Å². The van der Waals surface area contributed by atoms with Gasteiger partial charge in [-0.3, -0.25) is 9.36 Å². The van der Waals surface area contributed by atoms with Crippen LogP contribution in [-0.4, -0.2) is 4.57 Å². The summed E-state index contributed by atoms with van der Waals surface area (Å²) in [5.74, 6) is -0.00308. The minimum absolute atomic E-state index is 0.0743. The molecule has 2 nitrogen and oxygen atoms in total. The lowest BCUT2D eigenvalue weighted by atomic mass is 9.98. The average Bonchev–Trinajstić information content (AvgIpc) is 2.48. The summed E-state index contributed by atoms with van der Waals surface area (Å²) in [5.41, 5.74) is 2.50. The number of rotatable bonds is 2. The quantitative estimate of drug-likeness (QED) is 0.679. The third kappa shape index (κ3) is 2.33. The second-order valence-corrected chi connectivity index (χ2v) is 5.89. The van der Waals surface area contributed by atoms with E-state index in [1.54, 1.807) is 10.6 Å². The third-order valence-corrected chi connectivity index (χ3v) is 4.00. The largest absolute Gasteiger partial charge is 0.283 e. The summed E-state index contributed by atoms with van der Waals surface area (Å²) in [4.78, 5) is 12.8. The minimum Gasteiger partial charge on any atom is -0.283 e. The standard InChI is InChI=1S/C19H18FNO/c1-12(2)17-11-21(18-9-8-14(20)10-13(18)3)19(22)16-7-5-4-6-15(16)17/h4-12H,1-3H3. The van der Waals surface area contributed by atoms with Crippen molar-refractivity contribution in [1.82, 2.24) is 4.57 Å². The Balaban J connectivity index is 2.40. The van der Waals surface area contributed by atoms with E-state index >= 15 is 0 Å². The van der Waals surface area contributed by atoms with E-state index in [0.29, 0.717) is 5.39 Å². The van der Waals surface area contributed by atoms with Gasteiger partial charge in [0, 0.05) is 11.6 Å². The molecular formula is C19H18FNO. The van der Waals surface area contributed by atoms with Gasteiger partial charge in [-0.2, -0.15) is 0 Å². The molecule has 0 atom stereocenters. The summed E-state index contributed by atoms with van der Waals surface area (Å²) < 4.78 is 15.0. The number of pyridine rings is 1. The molecule has 0 aliphatic heterocycles. The van der Waals surface area contributed by atoms with Crippen LogP contribution in [0.3, 0.4) is 0 Å². The molecule has 1 heterocycles. The van der Waals surface area contributed by atoms with E-state index in [9.17, 15) is 9.18 Å². The second-order valence-electron chi connectivity index (χ2n) is 5.89. The fourth-order valence-electron chi connectivity index (χ4n) is 2.85. The Hall–Kier alpha value is -2.42. The number of fused-ring (bicyclic) bond motifs is 1. The molecule has 2 aromatic carbocycles. The number of hydrogen-bond acceptors (Lipinski definition) is 1. The van der Waals surface area contributed by atoms with Crippen LogP contribution < -0.4 is 5.56 Å². The monoisotopic (exact) mass is 295 g/mol. The first-order valence-corrected chi connectivity index (χ1v) is 7.40. The molecule has 0 spiro atoms. The predicted octanol–water partition coefficient (Wildman–Crippen LogP) is 4.56. The van der Waals surface area contributed by atoms with Crippen LogP contribution in [0.2, 0.25) is 0 Å². The molecule has 0 amide bonds. The van der Waals surface area contributed by atoms with Crippen LogP contribution in [0, 0.1) is 12.7 Å². The average molecular weight is 295 g/mol. The van der Waals surface area contributed by atoms with Crippen molar-refractivity contribution >= 4 is 10.8 Å². The molecule has 0 saturated heterocycles. The molecule has 1 aromatic heterocycles. The van der Waals surface area contributed by atoms with Gasteiger partial charge >= 0.3 is 0 Å². The highest BCUT2D eigenvalue weighted by Gasteiger charge is 2.13. The summed E-state index contributed by atoms with van der Waals surface area (Å²) in [6.45, 7) is 6.03. The SMILES string of the molecule is Cc1cc(F)ccc1-n1cc(C(C)C)c2ccccc2c1=O. The Kier molecular flexibility index (Phi) is 3.57. The van der Waals surface area contributed by atoms with Crippen LogP contribution in [0.25, 0.3) is 16.5 Å². The van der Waals surface area contributed by atoms with Gasteiger partial charge in [0.2, 0.25) is 0 Å². The van der Waals surface area contributed by atoms with Gasteiger partial charge in [-0.25, -0.2) is 4.39 Å². The molecule has 0 aliphatic carbocycles. The molecule has 112 valence electrons. The van der Waals surface area contributed by atoms with E-state index in [4.69, 9.17) is 0 Å². The lowest BCUT2D eigenvalue weighted by Gasteiger charge is -2.16. The topological polar surface area (TPSA) is 22.0 Å². The number of aromatic nitrogens is 1. The van der Waals surface area contributed by atoms with Gasteiger partial charge < -0.3 is 0 Å². The molecule has 0 aliphatic rings. The van der Waals surface area contributed by atoms with E-state index in [1.165, 1.54) is 12.1 Å². The van der Waals surface area contributed by atoms with E-state index in [1.807, 2.05) is 37.4 Å². The first-order chi connectivity index (χ1) is 10.5. The summed E-state index contributed by atoms with van der Waals surface area (Å²) in [5, 5.41) is 1.68. The number of halogens is 1. The second kappa shape index (κ2) is 5.41. The maximum absolute atomic E-state index is 13.3. The van der Waals surface area contributed by atoms with Crippen molar-refractivity contribution < 1.29 is 4.39 Å². The van der Waals surface area contributed by atoms with E-state index in [0.717, 1.165) is 22.2 Å². The Bertz CT molecular complexity index is 909. The zero-order valence-corrected chi connectivity index (χ0v) is 12.9. The highest BCUT2D eigenvalue weighted by molar-refractivity contribution is 5.85. The van der Waals surface area contributed by atoms with Gasteiger partial charge in [0.25, 0.3) is 5.56 Å². The molecule has 0 bridgehead atoms. The van der Waals surface area contributed by atoms with Gasteiger partial charge in [0.1, 0.15) is 5.82 Å². The zero-order valence-electron chi connectivity index (χ0n) is 12.9. The van der Waals surface area contributed by atoms with Crippen molar-refractivity contribution in [2.75, 3.05) is 0 Å². The normalized spacial score (nSPS) is 11.3. The molecule has 3 rings (SSSR count). The molecular weight excluding hydrogens is 277 g/mol. The predicted molar refractivity (Wildman–Crippen MR) is 88.3 cm³/mol. The smallest absolute Gasteiger partial charge is 0.262 e. The Morgan fingerprint density at radius 1 is 1.05 bits per heavy atom. The van der Waals surface area contributed by atoms with Crippen LogP contribution in [0.15, 0.2) is 53.5 Å². The summed E-state index contributed by atoms with van der Waals surface area (Å²) in [6.07, 6.45) is 1.88. The van der Waals surface area contributed by atoms with Crippen LogP contribution in [0.4, 0.5) is 4.39 Å². The van der Waals surface area contributed by atoms with Crippen LogP contribution in [0.1, 0.15) is 30.9 Å². The van der Waals surface area contributed by atoms with Gasteiger partial charge in [-0.15, -0.1) is 0 Å². The Morgan fingerprint density at radius 3 is 2.36 bits per heavy atom. The van der Waals surface area contributed by atoms with Crippen LogP contribution in [-0.2, 0) is 0 Å². The highest BCUT2D eigenvalue weighted by atomic mass is 19.1. The van der Waals surface area contributed by atoms with Crippen molar-refractivity contribution in [1.29, 1.82) is 0 Å². The lowest BCUT2D eigenvalue weighted by molar-refractivity contribution is 0.626. The third-order valence-electron chi connectivity index (χ3n) is 4.00. The molecule has 3 heteroatoms. The van der Waals surface area contributed by atoms with Crippen molar-refractivity contribution in [2.24, 2.45) is 0 Å². The van der Waals surface area contributed by atoms with Crippen LogP contribution >= 0.6 is 0 Å². The van der Waals surface area contributed by atoms with Gasteiger partial charge in [0.15, 0.2) is 0 Å². The molecule has 3 aromatic rings. The van der Waals surface area contributed by atoms with Gasteiger partial charge in [-0.1, -0.05) is 32.0 Å². The zero-order chi connectivity index (χ0) is 15.9. The fraction of sp³-hybridized carbons (Fsp3) is 0.211.